The lowest BCUT2D eigenvalue weighted by Gasteiger charge is -2.02. The molecule has 0 saturated heterocycles. The molecule has 0 unspecified atom stereocenters. The zero-order valence-corrected chi connectivity index (χ0v) is 7.31. The van der Waals surface area contributed by atoms with Crippen LogP contribution in [0.3, 0.4) is 0 Å². The lowest BCUT2D eigenvalue weighted by Crippen LogP contribution is -1.99. The molecule has 1 rings (SSSR count). The van der Waals surface area contributed by atoms with Crippen LogP contribution in [0, 0.1) is 0 Å². The van der Waals surface area contributed by atoms with E-state index in [1.165, 1.54) is 6.08 Å². The molecule has 1 aromatic carbocycles. The molecule has 0 radical (unpaired) electrons. The minimum atomic E-state index is -1.44. The van der Waals surface area contributed by atoms with Crippen LogP contribution in [0.2, 0.25) is 0 Å². The molecule has 13 heavy (non-hydrogen) atoms. The van der Waals surface area contributed by atoms with Crippen LogP contribution in [-0.4, -0.2) is 21.6 Å². The maximum atomic E-state index is 9.00. The highest BCUT2D eigenvalue weighted by atomic mass is 16.5. The quantitative estimate of drug-likeness (QED) is 0.597. The van der Waals surface area contributed by atoms with Crippen molar-refractivity contribution in [3.05, 3.63) is 35.9 Å². The topological polar surface area (TPSA) is 60.7 Å². The molecule has 0 heterocycles. The fourth-order valence-electron chi connectivity index (χ4n) is 1.04. The van der Waals surface area contributed by atoms with E-state index in [1.54, 1.807) is 31.2 Å². The predicted molar refractivity (Wildman–Crippen MR) is 50.0 cm³/mol. The van der Waals surface area contributed by atoms with Gasteiger partial charge in [0, 0.05) is 0 Å². The molecule has 0 aliphatic carbocycles. The van der Waals surface area contributed by atoms with Gasteiger partial charge in [-0.1, -0.05) is 12.1 Å². The zero-order chi connectivity index (χ0) is 9.84. The van der Waals surface area contributed by atoms with Crippen LogP contribution in [0.15, 0.2) is 30.3 Å². The first-order valence-corrected chi connectivity index (χ1v) is 3.93. The highest BCUT2D eigenvalue weighted by Gasteiger charge is 1.97. The second-order valence-corrected chi connectivity index (χ2v) is 2.81. The summed E-state index contributed by atoms with van der Waals surface area (Å²) >= 11 is 0. The van der Waals surface area contributed by atoms with E-state index in [1.807, 2.05) is 0 Å². The molecule has 3 nitrogen and oxygen atoms in total. The predicted octanol–water partition coefficient (Wildman–Crippen LogP) is 1.11. The van der Waals surface area contributed by atoms with Crippen molar-refractivity contribution in [1.82, 2.24) is 0 Å². The Labute approximate surface area is 76.6 Å². The van der Waals surface area contributed by atoms with Crippen LogP contribution in [0.1, 0.15) is 12.5 Å². The third-order valence-electron chi connectivity index (χ3n) is 1.72. The Kier molecular flexibility index (Phi) is 3.06. The minimum absolute atomic E-state index is 0.195. The summed E-state index contributed by atoms with van der Waals surface area (Å²) in [5, 5.41) is 26.3. The lowest BCUT2D eigenvalue weighted by molar-refractivity contribution is 0.00275. The molecule has 3 heteroatoms. The van der Waals surface area contributed by atoms with Crippen LogP contribution < -0.4 is 0 Å². The summed E-state index contributed by atoms with van der Waals surface area (Å²) in [5.74, 6) is 0.195. The van der Waals surface area contributed by atoms with Crippen molar-refractivity contribution < 1.29 is 15.3 Å². The van der Waals surface area contributed by atoms with Crippen LogP contribution in [0.5, 0.6) is 5.75 Å². The fourth-order valence-corrected chi connectivity index (χ4v) is 1.04. The van der Waals surface area contributed by atoms with Gasteiger partial charge in [-0.15, -0.1) is 0 Å². The average molecular weight is 180 g/mol. The Morgan fingerprint density at radius 1 is 1.23 bits per heavy atom. The van der Waals surface area contributed by atoms with Crippen molar-refractivity contribution in [3.63, 3.8) is 0 Å². The van der Waals surface area contributed by atoms with E-state index in [-0.39, 0.29) is 5.75 Å². The van der Waals surface area contributed by atoms with Crippen LogP contribution in [-0.2, 0) is 0 Å². The van der Waals surface area contributed by atoms with E-state index < -0.39 is 6.29 Å². The number of hydrogen-bond donors (Lipinski definition) is 3. The van der Waals surface area contributed by atoms with E-state index in [9.17, 15) is 0 Å². The standard InChI is InChI=1S/C10H12O3/c1-7(6-10(12)13)8-2-4-9(11)5-3-8/h2-6,10-13H,1H3. The van der Waals surface area contributed by atoms with Gasteiger partial charge >= 0.3 is 0 Å². The third kappa shape index (κ3) is 2.89. The fraction of sp³-hybridized carbons (Fsp3) is 0.200. The summed E-state index contributed by atoms with van der Waals surface area (Å²) in [6.07, 6.45) is -0.111. The molecule has 0 spiro atoms. The first-order chi connectivity index (χ1) is 6.09. The molecule has 0 amide bonds. The van der Waals surface area contributed by atoms with E-state index in [0.717, 1.165) is 11.1 Å². The van der Waals surface area contributed by atoms with Crippen molar-refractivity contribution >= 4 is 5.57 Å². The van der Waals surface area contributed by atoms with E-state index in [4.69, 9.17) is 15.3 Å². The highest BCUT2D eigenvalue weighted by Crippen LogP contribution is 2.17. The van der Waals surface area contributed by atoms with Crippen molar-refractivity contribution in [1.29, 1.82) is 0 Å². The molecule has 0 fully saturated rings. The number of benzene rings is 1. The number of phenolic OH excluding ortho intramolecular Hbond substituents is 1. The maximum absolute atomic E-state index is 9.00. The molecule has 3 N–H and O–H groups in total. The Balaban J connectivity index is 2.89. The summed E-state index contributed by atoms with van der Waals surface area (Å²) in [4.78, 5) is 0. The van der Waals surface area contributed by atoms with E-state index in [2.05, 4.69) is 0 Å². The zero-order valence-electron chi connectivity index (χ0n) is 7.31. The molecular formula is C10H12O3. The summed E-state index contributed by atoms with van der Waals surface area (Å²) in [7, 11) is 0. The molecule has 0 aliphatic heterocycles. The van der Waals surface area contributed by atoms with Gasteiger partial charge in [-0.25, -0.2) is 0 Å². The van der Waals surface area contributed by atoms with Gasteiger partial charge < -0.3 is 15.3 Å². The van der Waals surface area contributed by atoms with Crippen molar-refractivity contribution in [2.45, 2.75) is 13.2 Å². The number of allylic oxidation sites excluding steroid dienone is 1. The molecule has 0 aliphatic rings. The van der Waals surface area contributed by atoms with Gasteiger partial charge in [0.2, 0.25) is 0 Å². The molecular weight excluding hydrogens is 168 g/mol. The molecule has 1 aromatic rings. The Morgan fingerprint density at radius 3 is 2.23 bits per heavy atom. The van der Waals surface area contributed by atoms with Crippen LogP contribution in [0.4, 0.5) is 0 Å². The van der Waals surface area contributed by atoms with E-state index >= 15 is 0 Å². The summed E-state index contributed by atoms with van der Waals surface area (Å²) in [5.41, 5.74) is 1.61. The molecule has 70 valence electrons. The summed E-state index contributed by atoms with van der Waals surface area (Å²) < 4.78 is 0. The number of phenols is 1. The van der Waals surface area contributed by atoms with Gasteiger partial charge in [-0.3, -0.25) is 0 Å². The summed E-state index contributed by atoms with van der Waals surface area (Å²) in [6, 6.07) is 6.53. The van der Waals surface area contributed by atoms with Crippen molar-refractivity contribution in [2.75, 3.05) is 0 Å². The number of aliphatic hydroxyl groups excluding tert-OH is 1. The third-order valence-corrected chi connectivity index (χ3v) is 1.72. The minimum Gasteiger partial charge on any atom is -0.508 e. The van der Waals surface area contributed by atoms with Gasteiger partial charge in [0.1, 0.15) is 5.75 Å². The Hall–Kier alpha value is -1.32. The van der Waals surface area contributed by atoms with Crippen molar-refractivity contribution in [3.8, 4) is 5.75 Å². The lowest BCUT2D eigenvalue weighted by atomic mass is 10.1. The summed E-state index contributed by atoms with van der Waals surface area (Å²) in [6.45, 7) is 1.77. The normalized spacial score (nSPS) is 12.2. The second kappa shape index (κ2) is 4.07. The number of hydrogen-bond acceptors (Lipinski definition) is 3. The van der Waals surface area contributed by atoms with Gasteiger partial charge in [0.05, 0.1) is 0 Å². The van der Waals surface area contributed by atoms with E-state index in [0.29, 0.717) is 0 Å². The van der Waals surface area contributed by atoms with Crippen LogP contribution in [0.25, 0.3) is 5.57 Å². The maximum Gasteiger partial charge on any atom is 0.171 e. The SMILES string of the molecule is CC(=CC(O)O)c1ccc(O)cc1. The van der Waals surface area contributed by atoms with Crippen molar-refractivity contribution in [2.24, 2.45) is 0 Å². The second-order valence-electron chi connectivity index (χ2n) is 2.81. The van der Waals surface area contributed by atoms with Gasteiger partial charge in [-0.05, 0) is 36.3 Å². The Bertz CT molecular complexity index is 298. The van der Waals surface area contributed by atoms with Crippen LogP contribution >= 0.6 is 0 Å². The molecule has 0 aromatic heterocycles. The molecule has 0 atom stereocenters. The number of aromatic hydroxyl groups is 1. The monoisotopic (exact) mass is 180 g/mol. The van der Waals surface area contributed by atoms with Gasteiger partial charge in [0.15, 0.2) is 6.29 Å². The van der Waals surface area contributed by atoms with Gasteiger partial charge in [-0.2, -0.15) is 0 Å². The number of aliphatic hydroxyl groups is 2. The molecule has 0 saturated carbocycles. The Morgan fingerprint density at radius 2 is 1.77 bits per heavy atom. The van der Waals surface area contributed by atoms with Gasteiger partial charge in [0.25, 0.3) is 0 Å². The average Bonchev–Trinajstić information content (AvgIpc) is 2.04. The first kappa shape index (κ1) is 9.77. The smallest absolute Gasteiger partial charge is 0.171 e. The first-order valence-electron chi connectivity index (χ1n) is 3.93. The number of rotatable bonds is 2. The highest BCUT2D eigenvalue weighted by molar-refractivity contribution is 5.64. The molecule has 0 bridgehead atoms. The largest absolute Gasteiger partial charge is 0.508 e.